The van der Waals surface area contributed by atoms with Crippen LogP contribution in [-0.2, 0) is 16.5 Å². The number of halogens is 1. The van der Waals surface area contributed by atoms with Gasteiger partial charge in [-0.1, -0.05) is 126 Å². The van der Waals surface area contributed by atoms with E-state index in [2.05, 4.69) is 0 Å². The molecule has 5 rings (SSSR count). The zero-order valence-electron chi connectivity index (χ0n) is 22.9. The zero-order valence-corrected chi connectivity index (χ0v) is 24.7. The van der Waals surface area contributed by atoms with Crippen LogP contribution in [0.15, 0.2) is 0 Å². The van der Waals surface area contributed by atoms with Crippen LogP contribution < -0.4 is 14.0 Å². The molecule has 8 atom stereocenters. The summed E-state index contributed by atoms with van der Waals surface area (Å²) in [6, 6.07) is 2.27. The molecule has 38 heavy (non-hydrogen) atoms. The quantitative estimate of drug-likeness (QED) is 0.424. The Morgan fingerprint density at radius 1 is 0.421 bits per heavy atom. The first-order chi connectivity index (χ1) is 17.9. The molecule has 0 bridgehead atoms. The first-order valence-electron chi connectivity index (χ1n) is 15.2. The second kappa shape index (κ2) is 16.8. The molecule has 1 heterocycles. The van der Waals surface area contributed by atoms with Crippen LogP contribution in [0.2, 0.25) is 0 Å². The molecule has 0 amide bonds. The van der Waals surface area contributed by atoms with E-state index in [1.807, 2.05) is 0 Å². The molecule has 5 aliphatic rings. The average molecular weight is 600 g/mol. The fourth-order valence-corrected chi connectivity index (χ4v) is 7.65. The second-order valence-electron chi connectivity index (χ2n) is 12.3. The standard InChI is InChI=1S/C28H48N4.ClHO4.Ni/c1-5-13-25-21(9-1)17-29-26-14-6-2-11-23(26)19-31-28-16-8-4-12-24(28)20-32-27-15-7-3-10-22(27)18-30-25;2-1(3,4)5;/h21-28H,1-20H2;(H,2,3,4,5);/q-4;;+2. The molecule has 0 spiro atoms. The first-order valence-corrected chi connectivity index (χ1v) is 16.4. The maximum atomic E-state index is 8.60. The Balaban J connectivity index is 0.000000612. The minimum Gasteiger partial charge on any atom is -0.659 e. The van der Waals surface area contributed by atoms with Gasteiger partial charge in [-0.3, -0.25) is 0 Å². The fourth-order valence-electron chi connectivity index (χ4n) is 7.65. The Bertz CT molecular complexity index is 511. The molecule has 1 saturated heterocycles. The summed E-state index contributed by atoms with van der Waals surface area (Å²) >= 11 is 0. The van der Waals surface area contributed by atoms with E-state index >= 15 is 0 Å². The molecule has 0 radical (unpaired) electrons. The van der Waals surface area contributed by atoms with E-state index in [1.54, 1.807) is 0 Å². The molecule has 0 aromatic carbocycles. The molecule has 10 heteroatoms. The van der Waals surface area contributed by atoms with Crippen molar-refractivity contribution in [1.82, 2.24) is 0 Å². The third-order valence-corrected chi connectivity index (χ3v) is 9.77. The van der Waals surface area contributed by atoms with E-state index in [0.29, 0.717) is 47.8 Å². The van der Waals surface area contributed by atoms with Gasteiger partial charge in [-0.15, -0.1) is 50.3 Å². The summed E-state index contributed by atoms with van der Waals surface area (Å²) in [5, 5.41) is 21.6. The molecular weight excluding hydrogens is 550 g/mol. The monoisotopic (exact) mass is 598 g/mol. The second-order valence-corrected chi connectivity index (χ2v) is 13.1. The third kappa shape index (κ3) is 11.0. The molecule has 8 nitrogen and oxygen atoms in total. The average Bonchev–Trinajstić information content (AvgIpc) is 2.89. The van der Waals surface area contributed by atoms with Crippen molar-refractivity contribution in [2.24, 2.45) is 23.7 Å². The first kappa shape index (κ1) is 33.0. The van der Waals surface area contributed by atoms with Gasteiger partial charge in [0.1, 0.15) is 0 Å². The van der Waals surface area contributed by atoms with Crippen LogP contribution >= 0.6 is 0 Å². The summed E-state index contributed by atoms with van der Waals surface area (Å²) in [5.41, 5.74) is 0. The number of fused-ring (bicyclic) bond motifs is 4. The Kier molecular flexibility index (Phi) is 14.6. The van der Waals surface area contributed by atoms with Gasteiger partial charge in [-0.2, -0.15) is 14.0 Å². The summed E-state index contributed by atoms with van der Waals surface area (Å²) in [7, 11) is -4.69. The van der Waals surface area contributed by atoms with Crippen LogP contribution in [0.4, 0.5) is 0 Å². The predicted octanol–water partition coefficient (Wildman–Crippen LogP) is 3.60. The van der Waals surface area contributed by atoms with Gasteiger partial charge >= 0.3 is 16.5 Å². The molecule has 4 saturated carbocycles. The van der Waals surface area contributed by atoms with Gasteiger partial charge in [0.2, 0.25) is 0 Å². The molecule has 5 fully saturated rings. The van der Waals surface area contributed by atoms with Crippen LogP contribution in [0.1, 0.15) is 103 Å². The molecule has 1 N–H and O–H groups in total. The van der Waals surface area contributed by atoms with Crippen LogP contribution in [0.5, 0.6) is 0 Å². The van der Waals surface area contributed by atoms with Crippen molar-refractivity contribution in [3.05, 3.63) is 21.3 Å². The van der Waals surface area contributed by atoms with Gasteiger partial charge in [0.25, 0.3) is 0 Å². The van der Waals surface area contributed by atoms with Gasteiger partial charge in [-0.25, -0.2) is 0 Å². The minimum absolute atomic E-state index is 0. The van der Waals surface area contributed by atoms with E-state index in [4.69, 9.17) is 39.9 Å². The Labute approximate surface area is 242 Å². The number of hydrogen-bond acceptors (Lipinski definition) is 4. The van der Waals surface area contributed by atoms with Crippen molar-refractivity contribution in [1.29, 1.82) is 0 Å². The SMILES string of the molecule is C1CCC2[N-]CC3CCCCC3[N-]CC3CCCCC3[N-]CC3CCCCC3[N-]CC2C1.[Ni+2].[O-][Cl+3]([O-])([O-])O. The molecule has 224 valence electrons. The van der Waals surface area contributed by atoms with Gasteiger partial charge in [-0.05, 0) is 0 Å². The van der Waals surface area contributed by atoms with Crippen molar-refractivity contribution in [2.75, 3.05) is 26.2 Å². The third-order valence-electron chi connectivity index (χ3n) is 9.77. The normalized spacial score (nSPS) is 39.5. The van der Waals surface area contributed by atoms with Gasteiger partial charge in [0, 0.05) is 0 Å². The number of rotatable bonds is 0. The summed E-state index contributed by atoms with van der Waals surface area (Å²) < 4.78 is 32.7. The zero-order chi connectivity index (χ0) is 26.1. The van der Waals surface area contributed by atoms with Gasteiger partial charge in [0.05, 0.1) is 14.9 Å². The van der Waals surface area contributed by atoms with E-state index in [-0.39, 0.29) is 16.5 Å². The van der Waals surface area contributed by atoms with E-state index in [1.165, 1.54) is 103 Å². The molecule has 0 aromatic heterocycles. The smallest absolute Gasteiger partial charge is 0.659 e. The van der Waals surface area contributed by atoms with Crippen LogP contribution in [0, 0.1) is 33.9 Å². The maximum Gasteiger partial charge on any atom is 2.00 e. The Morgan fingerprint density at radius 3 is 0.816 bits per heavy atom. The summed E-state index contributed by atoms with van der Waals surface area (Å²) in [4.78, 5) is 0. The van der Waals surface area contributed by atoms with Crippen LogP contribution in [0.3, 0.4) is 0 Å². The largest absolute Gasteiger partial charge is 2.00 e. The molecule has 1 aliphatic heterocycles. The van der Waals surface area contributed by atoms with E-state index in [9.17, 15) is 0 Å². The molecule has 0 aromatic rings. The van der Waals surface area contributed by atoms with Gasteiger partial charge in [0.15, 0.2) is 0 Å². The summed E-state index contributed by atoms with van der Waals surface area (Å²) in [5.74, 6) is 2.83. The summed E-state index contributed by atoms with van der Waals surface area (Å²) in [6.07, 6.45) is 21.7. The topological polar surface area (TPSA) is 146 Å². The minimum atomic E-state index is -4.69. The molecule has 8 unspecified atom stereocenters. The van der Waals surface area contributed by atoms with Crippen molar-refractivity contribution >= 4 is 0 Å². The van der Waals surface area contributed by atoms with Crippen molar-refractivity contribution in [2.45, 2.75) is 127 Å². The number of nitrogens with zero attached hydrogens (tertiary/aromatic N) is 4. The molecule has 4 aliphatic carbocycles. The van der Waals surface area contributed by atoms with E-state index in [0.717, 1.165) is 26.2 Å². The van der Waals surface area contributed by atoms with Crippen LogP contribution in [0.25, 0.3) is 21.3 Å². The Morgan fingerprint density at radius 2 is 0.605 bits per heavy atom. The molecular formula is C28H49ClN4NiO4-2. The predicted molar refractivity (Wildman–Crippen MR) is 138 cm³/mol. The van der Waals surface area contributed by atoms with Gasteiger partial charge < -0.3 is 21.3 Å². The maximum absolute atomic E-state index is 8.60. The van der Waals surface area contributed by atoms with Crippen molar-refractivity contribution in [3.63, 3.8) is 0 Å². The van der Waals surface area contributed by atoms with Crippen molar-refractivity contribution in [3.8, 4) is 0 Å². The van der Waals surface area contributed by atoms with Crippen molar-refractivity contribution < 1.29 is 45.4 Å². The summed E-state index contributed by atoms with van der Waals surface area (Å²) in [6.45, 7) is 4.28. The Hall–Kier alpha value is 0.464. The van der Waals surface area contributed by atoms with Crippen LogP contribution in [-0.4, -0.2) is 55.0 Å². The van der Waals surface area contributed by atoms with E-state index < -0.39 is 10.2 Å². The fraction of sp³-hybridized carbons (Fsp3) is 1.00. The number of hydrogen-bond donors (Lipinski definition) is 1.